The molecule has 0 heterocycles. The third-order valence-electron chi connectivity index (χ3n) is 3.11. The van der Waals surface area contributed by atoms with Gasteiger partial charge < -0.3 is 16.4 Å². The molecule has 0 aliphatic rings. The molecule has 0 aromatic heterocycles. The molecule has 2 rings (SSSR count). The summed E-state index contributed by atoms with van der Waals surface area (Å²) in [6.45, 7) is 2.04. The van der Waals surface area contributed by atoms with Crippen LogP contribution in [0, 0.1) is 6.92 Å². The summed E-state index contributed by atoms with van der Waals surface area (Å²) in [5, 5.41) is 0. The van der Waals surface area contributed by atoms with Gasteiger partial charge in [0, 0.05) is 24.1 Å². The fraction of sp³-hybridized carbons (Fsp3) is 0.133. The molecule has 1 amide bonds. The van der Waals surface area contributed by atoms with E-state index in [0.29, 0.717) is 11.3 Å². The molecule has 0 fully saturated rings. The van der Waals surface area contributed by atoms with Gasteiger partial charge in [-0.1, -0.05) is 17.7 Å². The van der Waals surface area contributed by atoms with Crippen molar-refractivity contribution in [1.29, 1.82) is 0 Å². The van der Waals surface area contributed by atoms with Gasteiger partial charge in [-0.3, -0.25) is 4.79 Å². The number of hydrogen-bond acceptors (Lipinski definition) is 3. The smallest absolute Gasteiger partial charge is 0.250 e. The molecule has 19 heavy (non-hydrogen) atoms. The summed E-state index contributed by atoms with van der Waals surface area (Å²) in [4.78, 5) is 13.3. The molecule has 0 bridgehead atoms. The van der Waals surface area contributed by atoms with Crippen LogP contribution in [0.3, 0.4) is 0 Å². The summed E-state index contributed by atoms with van der Waals surface area (Å²) in [6, 6.07) is 13.4. The first kappa shape index (κ1) is 13.0. The molecule has 98 valence electrons. The number of nitrogens with two attached hydrogens (primary N) is 2. The number of rotatable bonds is 3. The van der Waals surface area contributed by atoms with E-state index in [1.165, 1.54) is 5.56 Å². The Bertz CT molecular complexity index is 605. The zero-order valence-electron chi connectivity index (χ0n) is 11.1. The van der Waals surface area contributed by atoms with Crippen molar-refractivity contribution in [3.05, 3.63) is 53.6 Å². The monoisotopic (exact) mass is 255 g/mol. The number of aryl methyl sites for hydroxylation is 1. The summed E-state index contributed by atoms with van der Waals surface area (Å²) >= 11 is 0. The zero-order chi connectivity index (χ0) is 14.0. The molecule has 0 saturated heterocycles. The van der Waals surface area contributed by atoms with E-state index < -0.39 is 5.91 Å². The maximum Gasteiger partial charge on any atom is 0.250 e. The first-order valence-electron chi connectivity index (χ1n) is 5.99. The lowest BCUT2D eigenvalue weighted by Crippen LogP contribution is -2.16. The normalized spacial score (nSPS) is 10.2. The Kier molecular flexibility index (Phi) is 3.42. The molecule has 0 aliphatic heterocycles. The average molecular weight is 255 g/mol. The Morgan fingerprint density at radius 3 is 2.21 bits per heavy atom. The second-order valence-electron chi connectivity index (χ2n) is 4.53. The molecule has 2 aromatic rings. The van der Waals surface area contributed by atoms with Crippen LogP contribution in [-0.2, 0) is 0 Å². The van der Waals surface area contributed by atoms with E-state index in [1.807, 2.05) is 49.2 Å². The van der Waals surface area contributed by atoms with E-state index in [0.717, 1.165) is 11.4 Å². The van der Waals surface area contributed by atoms with Crippen LogP contribution in [0.2, 0.25) is 0 Å². The molecule has 0 atom stereocenters. The maximum atomic E-state index is 11.3. The van der Waals surface area contributed by atoms with Gasteiger partial charge in [-0.15, -0.1) is 0 Å². The Hall–Kier alpha value is -2.49. The highest BCUT2D eigenvalue weighted by atomic mass is 16.1. The molecule has 2 aromatic carbocycles. The van der Waals surface area contributed by atoms with Crippen molar-refractivity contribution >= 4 is 23.0 Å². The summed E-state index contributed by atoms with van der Waals surface area (Å²) < 4.78 is 0. The van der Waals surface area contributed by atoms with E-state index in [9.17, 15) is 4.79 Å². The van der Waals surface area contributed by atoms with Crippen molar-refractivity contribution in [3.8, 4) is 0 Å². The van der Waals surface area contributed by atoms with Crippen molar-refractivity contribution in [2.75, 3.05) is 17.7 Å². The summed E-state index contributed by atoms with van der Waals surface area (Å²) in [5.41, 5.74) is 14.9. The molecule has 0 aliphatic carbocycles. The lowest BCUT2D eigenvalue weighted by molar-refractivity contribution is 0.100. The fourth-order valence-electron chi connectivity index (χ4n) is 1.88. The third-order valence-corrected chi connectivity index (χ3v) is 3.11. The topological polar surface area (TPSA) is 72.3 Å². The molecule has 0 unspecified atom stereocenters. The molecule has 4 N–H and O–H groups in total. The number of nitrogen functional groups attached to an aromatic ring is 1. The number of carbonyl (C=O) groups is 1. The molecule has 4 nitrogen and oxygen atoms in total. The standard InChI is InChI=1S/C15H17N3O/c1-10-3-5-11(6-4-10)18(2)12-7-8-14(16)13(9-12)15(17)19/h3-9H,16H2,1-2H3,(H2,17,19). The van der Waals surface area contributed by atoms with Crippen LogP contribution in [0.1, 0.15) is 15.9 Å². The highest BCUT2D eigenvalue weighted by molar-refractivity contribution is 5.99. The van der Waals surface area contributed by atoms with Crippen LogP contribution in [0.4, 0.5) is 17.1 Å². The largest absolute Gasteiger partial charge is 0.398 e. The van der Waals surface area contributed by atoms with Gasteiger partial charge in [0.1, 0.15) is 0 Å². The van der Waals surface area contributed by atoms with Gasteiger partial charge in [0.15, 0.2) is 0 Å². The fourth-order valence-corrected chi connectivity index (χ4v) is 1.88. The number of amides is 1. The van der Waals surface area contributed by atoms with Gasteiger partial charge in [0.2, 0.25) is 0 Å². The van der Waals surface area contributed by atoms with Crippen molar-refractivity contribution in [3.63, 3.8) is 0 Å². The minimum absolute atomic E-state index is 0.344. The highest BCUT2D eigenvalue weighted by Crippen LogP contribution is 2.26. The summed E-state index contributed by atoms with van der Waals surface area (Å²) in [7, 11) is 1.93. The SMILES string of the molecule is Cc1ccc(N(C)c2ccc(N)c(C(N)=O)c2)cc1. The first-order valence-corrected chi connectivity index (χ1v) is 5.99. The number of primary amides is 1. The number of carbonyl (C=O) groups excluding carboxylic acids is 1. The van der Waals surface area contributed by atoms with Crippen molar-refractivity contribution in [2.24, 2.45) is 5.73 Å². The molecular formula is C15H17N3O. The van der Waals surface area contributed by atoms with Crippen molar-refractivity contribution < 1.29 is 4.79 Å². The van der Waals surface area contributed by atoms with Crippen molar-refractivity contribution in [1.82, 2.24) is 0 Å². The molecule has 0 radical (unpaired) electrons. The Balaban J connectivity index is 2.38. The van der Waals surface area contributed by atoms with Crippen LogP contribution in [-0.4, -0.2) is 13.0 Å². The second kappa shape index (κ2) is 5.02. The lowest BCUT2D eigenvalue weighted by atomic mass is 10.1. The van der Waals surface area contributed by atoms with E-state index in [1.54, 1.807) is 12.1 Å². The van der Waals surface area contributed by atoms with Crippen LogP contribution < -0.4 is 16.4 Å². The molecule has 0 spiro atoms. The predicted molar refractivity (Wildman–Crippen MR) is 78.6 cm³/mol. The molecule has 4 heteroatoms. The van der Waals surface area contributed by atoms with Gasteiger partial charge >= 0.3 is 0 Å². The minimum atomic E-state index is -0.517. The Morgan fingerprint density at radius 2 is 1.63 bits per heavy atom. The quantitative estimate of drug-likeness (QED) is 0.827. The van der Waals surface area contributed by atoms with E-state index in [2.05, 4.69) is 0 Å². The van der Waals surface area contributed by atoms with E-state index in [4.69, 9.17) is 11.5 Å². The van der Waals surface area contributed by atoms with Crippen LogP contribution in [0.15, 0.2) is 42.5 Å². The first-order chi connectivity index (χ1) is 8.99. The van der Waals surface area contributed by atoms with Crippen LogP contribution in [0.25, 0.3) is 0 Å². The maximum absolute atomic E-state index is 11.3. The van der Waals surface area contributed by atoms with Gasteiger partial charge in [-0.05, 0) is 37.3 Å². The Morgan fingerprint density at radius 1 is 1.05 bits per heavy atom. The van der Waals surface area contributed by atoms with E-state index in [-0.39, 0.29) is 0 Å². The van der Waals surface area contributed by atoms with Gasteiger partial charge in [-0.2, -0.15) is 0 Å². The molecule has 0 saturated carbocycles. The number of hydrogen-bond donors (Lipinski definition) is 2. The van der Waals surface area contributed by atoms with E-state index >= 15 is 0 Å². The summed E-state index contributed by atoms with van der Waals surface area (Å²) in [5.74, 6) is -0.517. The van der Waals surface area contributed by atoms with Gasteiger partial charge in [0.05, 0.1) is 5.56 Å². The predicted octanol–water partition coefficient (Wildman–Crippen LogP) is 2.44. The molecular weight excluding hydrogens is 238 g/mol. The highest BCUT2D eigenvalue weighted by Gasteiger charge is 2.10. The summed E-state index contributed by atoms with van der Waals surface area (Å²) in [6.07, 6.45) is 0. The second-order valence-corrected chi connectivity index (χ2v) is 4.53. The van der Waals surface area contributed by atoms with Crippen molar-refractivity contribution in [2.45, 2.75) is 6.92 Å². The van der Waals surface area contributed by atoms with Gasteiger partial charge in [0.25, 0.3) is 5.91 Å². The van der Waals surface area contributed by atoms with Crippen LogP contribution >= 0.6 is 0 Å². The van der Waals surface area contributed by atoms with Gasteiger partial charge in [-0.25, -0.2) is 0 Å². The number of benzene rings is 2. The number of anilines is 3. The number of nitrogens with zero attached hydrogens (tertiary/aromatic N) is 1. The Labute approximate surface area is 112 Å². The minimum Gasteiger partial charge on any atom is -0.398 e. The third kappa shape index (κ3) is 2.68. The van der Waals surface area contributed by atoms with Crippen LogP contribution in [0.5, 0.6) is 0 Å². The average Bonchev–Trinajstić information content (AvgIpc) is 2.39. The lowest BCUT2D eigenvalue weighted by Gasteiger charge is -2.20. The zero-order valence-corrected chi connectivity index (χ0v) is 11.1.